The molecule has 2 aromatic carbocycles. The normalized spacial score (nSPS) is 22.7. The number of likely N-dealkylation sites (tertiary alicyclic amines) is 1. The van der Waals surface area contributed by atoms with Gasteiger partial charge < -0.3 is 15.0 Å². The molecule has 4 rings (SSSR count). The molecule has 1 heterocycles. The Kier molecular flexibility index (Phi) is 7.53. The van der Waals surface area contributed by atoms with Crippen molar-refractivity contribution in [3.63, 3.8) is 0 Å². The molecule has 206 valence electrons. The Morgan fingerprint density at radius 2 is 1.79 bits per heavy atom. The summed E-state index contributed by atoms with van der Waals surface area (Å²) >= 11 is 0. The lowest BCUT2D eigenvalue weighted by molar-refractivity contribution is -0.137. The molecule has 1 N–H and O–H groups in total. The number of ether oxygens (including phenoxy) is 1. The van der Waals surface area contributed by atoms with E-state index in [2.05, 4.69) is 5.32 Å². The smallest absolute Gasteiger partial charge is 0.416 e. The standard InChI is InChI=1S/C27H31F3N2O5S/c1-15-12-22(32(16(15)2)26(34)18-6-5-7-20(13-18)38(4,35)36)25(33)31-24(17-8-9-17)21-11-10-19(27(28,29)30)14-23(21)37-3/h5-7,10-11,13-17,22,24H,8-9,12H2,1-4H3,(H,31,33)/t15-,16-,22-,24-/m1/s1. The maximum absolute atomic E-state index is 13.6. The van der Waals surface area contributed by atoms with Gasteiger partial charge >= 0.3 is 6.18 Å². The van der Waals surface area contributed by atoms with Gasteiger partial charge in [-0.25, -0.2) is 8.42 Å². The predicted molar refractivity (Wildman–Crippen MR) is 134 cm³/mol. The summed E-state index contributed by atoms with van der Waals surface area (Å²) in [5.41, 5.74) is -0.227. The number of hydrogen-bond donors (Lipinski definition) is 1. The van der Waals surface area contributed by atoms with Crippen molar-refractivity contribution in [3.05, 3.63) is 59.2 Å². The van der Waals surface area contributed by atoms with Crippen LogP contribution in [0.3, 0.4) is 0 Å². The van der Waals surface area contributed by atoms with Crippen molar-refractivity contribution in [2.24, 2.45) is 11.8 Å². The molecule has 0 bridgehead atoms. The Morgan fingerprint density at radius 1 is 1.11 bits per heavy atom. The summed E-state index contributed by atoms with van der Waals surface area (Å²) in [5, 5.41) is 2.99. The van der Waals surface area contributed by atoms with Gasteiger partial charge in [-0.05, 0) is 68.4 Å². The zero-order valence-corrected chi connectivity index (χ0v) is 22.4. The van der Waals surface area contributed by atoms with E-state index in [1.54, 1.807) is 0 Å². The Labute approximate surface area is 220 Å². The van der Waals surface area contributed by atoms with Gasteiger partial charge in [0.05, 0.1) is 23.6 Å². The molecule has 1 saturated carbocycles. The Morgan fingerprint density at radius 3 is 2.37 bits per heavy atom. The van der Waals surface area contributed by atoms with Gasteiger partial charge in [-0.1, -0.05) is 19.1 Å². The highest BCUT2D eigenvalue weighted by atomic mass is 32.2. The second kappa shape index (κ2) is 10.2. The van der Waals surface area contributed by atoms with Gasteiger partial charge in [0, 0.05) is 23.4 Å². The van der Waals surface area contributed by atoms with Crippen LogP contribution in [0.25, 0.3) is 0 Å². The molecule has 0 radical (unpaired) electrons. The van der Waals surface area contributed by atoms with Crippen LogP contribution in [-0.4, -0.2) is 50.6 Å². The summed E-state index contributed by atoms with van der Waals surface area (Å²) in [7, 11) is -2.25. The number of nitrogens with one attached hydrogen (secondary N) is 1. The van der Waals surface area contributed by atoms with Gasteiger partial charge in [0.1, 0.15) is 11.8 Å². The third-order valence-corrected chi connectivity index (χ3v) is 8.64. The van der Waals surface area contributed by atoms with E-state index in [-0.39, 0.29) is 34.1 Å². The van der Waals surface area contributed by atoms with E-state index in [0.29, 0.717) is 12.0 Å². The molecular weight excluding hydrogens is 521 g/mol. The van der Waals surface area contributed by atoms with Crippen LogP contribution in [-0.2, 0) is 20.8 Å². The van der Waals surface area contributed by atoms with E-state index < -0.39 is 45.5 Å². The second-order valence-corrected chi connectivity index (χ2v) is 12.3. The van der Waals surface area contributed by atoms with Gasteiger partial charge in [0.15, 0.2) is 9.84 Å². The summed E-state index contributed by atoms with van der Waals surface area (Å²) in [5.74, 6) is -0.796. The van der Waals surface area contributed by atoms with Crippen molar-refractivity contribution < 1.29 is 35.9 Å². The molecule has 2 aromatic rings. The van der Waals surface area contributed by atoms with Crippen molar-refractivity contribution >= 4 is 21.7 Å². The van der Waals surface area contributed by atoms with Crippen LogP contribution >= 0.6 is 0 Å². The van der Waals surface area contributed by atoms with Gasteiger partial charge in [-0.15, -0.1) is 0 Å². The average molecular weight is 553 g/mol. The van der Waals surface area contributed by atoms with Crippen LogP contribution in [0.15, 0.2) is 47.4 Å². The largest absolute Gasteiger partial charge is 0.496 e. The minimum absolute atomic E-state index is 0.00669. The minimum atomic E-state index is -4.53. The highest BCUT2D eigenvalue weighted by Crippen LogP contribution is 2.45. The molecule has 1 aliphatic carbocycles. The number of carbonyl (C=O) groups is 2. The van der Waals surface area contributed by atoms with Gasteiger partial charge in [0.25, 0.3) is 5.91 Å². The number of nitrogens with zero attached hydrogens (tertiary/aromatic N) is 1. The molecule has 38 heavy (non-hydrogen) atoms. The lowest BCUT2D eigenvalue weighted by Gasteiger charge is -2.30. The monoisotopic (exact) mass is 552 g/mol. The minimum Gasteiger partial charge on any atom is -0.496 e. The van der Waals surface area contributed by atoms with Crippen LogP contribution in [0.4, 0.5) is 13.2 Å². The van der Waals surface area contributed by atoms with Crippen molar-refractivity contribution in [1.29, 1.82) is 0 Å². The topological polar surface area (TPSA) is 92.8 Å². The molecule has 1 saturated heterocycles. The van der Waals surface area contributed by atoms with Crippen molar-refractivity contribution in [2.45, 2.75) is 62.3 Å². The SMILES string of the molecule is COc1cc(C(F)(F)F)ccc1[C@H](NC(=O)[C@H]1C[C@@H](C)[C@@H](C)N1C(=O)c1cccc(S(C)(=O)=O)c1)C1CC1. The maximum atomic E-state index is 13.6. The van der Waals surface area contributed by atoms with Crippen LogP contribution in [0.2, 0.25) is 0 Å². The zero-order chi connectivity index (χ0) is 28.0. The van der Waals surface area contributed by atoms with Crippen LogP contribution < -0.4 is 10.1 Å². The summed E-state index contributed by atoms with van der Waals surface area (Å²) in [6.07, 6.45) is -1.48. The first-order valence-electron chi connectivity index (χ1n) is 12.4. The number of rotatable bonds is 7. The molecule has 0 unspecified atom stereocenters. The maximum Gasteiger partial charge on any atom is 0.416 e. The predicted octanol–water partition coefficient (Wildman–Crippen LogP) is 4.62. The Balaban J connectivity index is 1.62. The molecule has 0 spiro atoms. The van der Waals surface area contributed by atoms with Crippen LogP contribution in [0.1, 0.15) is 60.6 Å². The first-order chi connectivity index (χ1) is 17.7. The third kappa shape index (κ3) is 5.67. The Bertz CT molecular complexity index is 1340. The van der Waals surface area contributed by atoms with E-state index in [9.17, 15) is 31.2 Å². The van der Waals surface area contributed by atoms with Crippen molar-refractivity contribution in [3.8, 4) is 5.75 Å². The highest BCUT2D eigenvalue weighted by molar-refractivity contribution is 7.90. The molecule has 7 nitrogen and oxygen atoms in total. The fraction of sp³-hybridized carbons (Fsp3) is 0.481. The quantitative estimate of drug-likeness (QED) is 0.541. The molecule has 1 aliphatic heterocycles. The number of methoxy groups -OCH3 is 1. The molecule has 0 aromatic heterocycles. The fourth-order valence-electron chi connectivity index (χ4n) is 5.06. The van der Waals surface area contributed by atoms with Crippen LogP contribution in [0.5, 0.6) is 5.75 Å². The number of amides is 2. The second-order valence-electron chi connectivity index (χ2n) is 10.3. The van der Waals surface area contributed by atoms with Crippen molar-refractivity contribution in [1.82, 2.24) is 10.2 Å². The van der Waals surface area contributed by atoms with E-state index in [4.69, 9.17) is 4.74 Å². The molecule has 2 fully saturated rings. The summed E-state index contributed by atoms with van der Waals surface area (Å²) in [6, 6.07) is 7.28. The van der Waals surface area contributed by atoms with E-state index in [1.807, 2.05) is 13.8 Å². The summed E-state index contributed by atoms with van der Waals surface area (Å²) in [6.45, 7) is 3.77. The zero-order valence-electron chi connectivity index (χ0n) is 21.6. The molecular formula is C27H31F3N2O5S. The fourth-order valence-corrected chi connectivity index (χ4v) is 5.73. The lowest BCUT2D eigenvalue weighted by Crippen LogP contribution is -2.49. The molecule has 11 heteroatoms. The number of hydrogen-bond acceptors (Lipinski definition) is 5. The van der Waals surface area contributed by atoms with Crippen LogP contribution in [0, 0.1) is 11.8 Å². The van der Waals surface area contributed by atoms with Crippen molar-refractivity contribution in [2.75, 3.05) is 13.4 Å². The number of halogens is 3. The van der Waals surface area contributed by atoms with E-state index in [0.717, 1.165) is 31.2 Å². The van der Waals surface area contributed by atoms with Gasteiger partial charge in [0.2, 0.25) is 5.91 Å². The number of sulfone groups is 1. The van der Waals surface area contributed by atoms with Gasteiger partial charge in [-0.2, -0.15) is 13.2 Å². The summed E-state index contributed by atoms with van der Waals surface area (Å²) in [4.78, 5) is 28.7. The summed E-state index contributed by atoms with van der Waals surface area (Å²) < 4.78 is 69.0. The number of alkyl halides is 3. The lowest BCUT2D eigenvalue weighted by atomic mass is 9.98. The van der Waals surface area contributed by atoms with E-state index in [1.165, 1.54) is 42.3 Å². The Hall–Kier alpha value is -3.08. The number of benzene rings is 2. The third-order valence-electron chi connectivity index (χ3n) is 7.53. The highest BCUT2D eigenvalue weighted by Gasteiger charge is 2.45. The molecule has 4 atom stereocenters. The van der Waals surface area contributed by atoms with E-state index >= 15 is 0 Å². The average Bonchev–Trinajstić information content (AvgIpc) is 3.65. The first kappa shape index (κ1) is 27.9. The molecule has 2 aliphatic rings. The molecule has 2 amide bonds. The van der Waals surface area contributed by atoms with Gasteiger partial charge in [-0.3, -0.25) is 9.59 Å². The number of carbonyl (C=O) groups excluding carboxylic acids is 2. The first-order valence-corrected chi connectivity index (χ1v) is 14.3.